The maximum absolute atomic E-state index is 13.5. The zero-order valence-corrected chi connectivity index (χ0v) is 14.0. The summed E-state index contributed by atoms with van der Waals surface area (Å²) in [5.74, 6) is 0.0475. The summed E-state index contributed by atoms with van der Waals surface area (Å²) in [4.78, 5) is 26.5. The molecule has 0 spiro atoms. The molecule has 1 saturated heterocycles. The van der Waals surface area contributed by atoms with Gasteiger partial charge in [-0.15, -0.1) is 0 Å². The molecule has 0 radical (unpaired) electrons. The molecule has 0 aromatic heterocycles. The van der Waals surface area contributed by atoms with E-state index >= 15 is 0 Å². The van der Waals surface area contributed by atoms with Gasteiger partial charge < -0.3 is 15.0 Å². The summed E-state index contributed by atoms with van der Waals surface area (Å²) in [6, 6.07) is 4.30. The number of nitrogens with one attached hydrogen (secondary N) is 1. The van der Waals surface area contributed by atoms with Crippen LogP contribution in [0.4, 0.5) is 4.39 Å². The van der Waals surface area contributed by atoms with Crippen LogP contribution < -0.4 is 10.1 Å². The number of fused-ring (bicyclic) bond motifs is 2. The largest absolute Gasteiger partial charge is 0.497 e. The van der Waals surface area contributed by atoms with Gasteiger partial charge in [0, 0.05) is 30.6 Å². The molecule has 1 heterocycles. The van der Waals surface area contributed by atoms with Crippen molar-refractivity contribution in [2.45, 2.75) is 44.7 Å². The van der Waals surface area contributed by atoms with Gasteiger partial charge in [0.15, 0.2) is 0 Å². The van der Waals surface area contributed by atoms with Gasteiger partial charge >= 0.3 is 0 Å². The zero-order chi connectivity index (χ0) is 17.3. The summed E-state index contributed by atoms with van der Waals surface area (Å²) in [7, 11) is 1.43. The van der Waals surface area contributed by atoms with Crippen LogP contribution in [-0.2, 0) is 4.79 Å². The highest BCUT2D eigenvalue weighted by Crippen LogP contribution is 2.42. The molecule has 0 unspecified atom stereocenters. The van der Waals surface area contributed by atoms with Gasteiger partial charge in [0.2, 0.25) is 5.91 Å². The number of benzene rings is 1. The molecule has 1 aliphatic carbocycles. The lowest BCUT2D eigenvalue weighted by Crippen LogP contribution is -2.50. The molecular weight excluding hydrogens is 311 g/mol. The van der Waals surface area contributed by atoms with Crippen LogP contribution in [-0.4, -0.2) is 42.5 Å². The summed E-state index contributed by atoms with van der Waals surface area (Å²) in [6.07, 6.45) is 3.67. The quantitative estimate of drug-likeness (QED) is 0.899. The second kappa shape index (κ2) is 6.79. The molecule has 2 amide bonds. The van der Waals surface area contributed by atoms with Gasteiger partial charge in [0.1, 0.15) is 11.6 Å². The smallest absolute Gasteiger partial charge is 0.251 e. The summed E-state index contributed by atoms with van der Waals surface area (Å²) in [5, 5.41) is 2.86. The fourth-order valence-corrected chi connectivity index (χ4v) is 4.04. The Morgan fingerprint density at radius 1 is 1.33 bits per heavy atom. The molecule has 1 N–H and O–H groups in total. The topological polar surface area (TPSA) is 58.6 Å². The number of ether oxygens (including phenoxy) is 1. The molecule has 1 aromatic carbocycles. The van der Waals surface area contributed by atoms with Gasteiger partial charge in [-0.05, 0) is 37.3 Å². The van der Waals surface area contributed by atoms with Crippen molar-refractivity contribution in [3.63, 3.8) is 0 Å². The number of halogens is 1. The first kappa shape index (κ1) is 16.7. The standard InChI is InChI=1S/C18H23FN2O3/c1-3-17(22)21-14-5-4-11(7-14)16(21)10-20-18(23)12-6-13(19)9-15(8-12)24-2/h6,8-9,11,14,16H,3-5,7,10H2,1-2H3,(H,20,23)/t11-,14+,16+/m0/s1. The summed E-state index contributed by atoms with van der Waals surface area (Å²) < 4.78 is 18.5. The van der Waals surface area contributed by atoms with Crippen LogP contribution in [0, 0.1) is 11.7 Å². The first-order valence-electron chi connectivity index (χ1n) is 8.47. The van der Waals surface area contributed by atoms with Crippen LogP contribution in [0.15, 0.2) is 18.2 Å². The van der Waals surface area contributed by atoms with Crippen molar-refractivity contribution >= 4 is 11.8 Å². The molecule has 2 bridgehead atoms. The van der Waals surface area contributed by atoms with Gasteiger partial charge in [-0.3, -0.25) is 9.59 Å². The third-order valence-corrected chi connectivity index (χ3v) is 5.17. The van der Waals surface area contributed by atoms with E-state index in [9.17, 15) is 14.0 Å². The average molecular weight is 334 g/mol. The van der Waals surface area contributed by atoms with Crippen LogP contribution in [0.25, 0.3) is 0 Å². The normalized spacial score (nSPS) is 25.0. The summed E-state index contributed by atoms with van der Waals surface area (Å²) in [6.45, 7) is 2.27. The number of piperidine rings is 1. The monoisotopic (exact) mass is 334 g/mol. The molecule has 6 heteroatoms. The summed E-state index contributed by atoms with van der Waals surface area (Å²) >= 11 is 0. The van der Waals surface area contributed by atoms with Crippen LogP contribution in [0.5, 0.6) is 5.75 Å². The Morgan fingerprint density at radius 2 is 2.12 bits per heavy atom. The number of carbonyl (C=O) groups excluding carboxylic acids is 2. The van der Waals surface area contributed by atoms with E-state index in [-0.39, 0.29) is 23.4 Å². The molecule has 5 nitrogen and oxygen atoms in total. The Labute approximate surface area is 141 Å². The maximum Gasteiger partial charge on any atom is 0.251 e. The highest BCUT2D eigenvalue weighted by Gasteiger charge is 2.47. The number of hydrogen-bond donors (Lipinski definition) is 1. The number of methoxy groups -OCH3 is 1. The Bertz CT molecular complexity index is 649. The zero-order valence-electron chi connectivity index (χ0n) is 14.0. The minimum Gasteiger partial charge on any atom is -0.497 e. The first-order valence-corrected chi connectivity index (χ1v) is 8.47. The van der Waals surface area contributed by atoms with Crippen molar-refractivity contribution in [3.8, 4) is 5.75 Å². The third kappa shape index (κ3) is 3.09. The number of rotatable bonds is 5. The van der Waals surface area contributed by atoms with E-state index in [0.717, 1.165) is 19.3 Å². The fraction of sp³-hybridized carbons (Fsp3) is 0.556. The molecule has 2 fully saturated rings. The van der Waals surface area contributed by atoms with Crippen LogP contribution in [0.3, 0.4) is 0 Å². The van der Waals surface area contributed by atoms with E-state index in [1.807, 2.05) is 11.8 Å². The fourth-order valence-electron chi connectivity index (χ4n) is 4.04. The minimum absolute atomic E-state index is 0.0515. The van der Waals surface area contributed by atoms with E-state index in [1.54, 1.807) is 0 Å². The molecule has 1 saturated carbocycles. The second-order valence-electron chi connectivity index (χ2n) is 6.54. The van der Waals surface area contributed by atoms with E-state index in [2.05, 4.69) is 5.32 Å². The van der Waals surface area contributed by atoms with Gasteiger partial charge in [0.05, 0.1) is 13.2 Å². The third-order valence-electron chi connectivity index (χ3n) is 5.17. The number of carbonyl (C=O) groups is 2. The Kier molecular flexibility index (Phi) is 4.73. The number of nitrogens with zero attached hydrogens (tertiary/aromatic N) is 1. The first-order chi connectivity index (χ1) is 11.5. The molecule has 1 aliphatic heterocycles. The van der Waals surface area contributed by atoms with Crippen molar-refractivity contribution in [2.24, 2.45) is 5.92 Å². The van der Waals surface area contributed by atoms with Crippen molar-refractivity contribution in [1.82, 2.24) is 10.2 Å². The van der Waals surface area contributed by atoms with Gasteiger partial charge in [-0.2, -0.15) is 0 Å². The Balaban J connectivity index is 1.67. The molecule has 130 valence electrons. The van der Waals surface area contributed by atoms with Crippen LogP contribution in [0.1, 0.15) is 43.0 Å². The van der Waals surface area contributed by atoms with Crippen LogP contribution >= 0.6 is 0 Å². The number of hydrogen-bond acceptors (Lipinski definition) is 3. The Hall–Kier alpha value is -2.11. The van der Waals surface area contributed by atoms with Crippen molar-refractivity contribution < 1.29 is 18.7 Å². The predicted molar refractivity (Wildman–Crippen MR) is 87.3 cm³/mol. The maximum atomic E-state index is 13.5. The lowest BCUT2D eigenvalue weighted by Gasteiger charge is -2.35. The molecule has 2 aliphatic rings. The molecule has 1 aromatic rings. The molecular formula is C18H23FN2O3. The second-order valence-corrected chi connectivity index (χ2v) is 6.54. The van der Waals surface area contributed by atoms with Crippen LogP contribution in [0.2, 0.25) is 0 Å². The molecule has 24 heavy (non-hydrogen) atoms. The number of amides is 2. The summed E-state index contributed by atoms with van der Waals surface area (Å²) in [5.41, 5.74) is 0.225. The van der Waals surface area contributed by atoms with Crippen molar-refractivity contribution in [3.05, 3.63) is 29.6 Å². The lowest BCUT2D eigenvalue weighted by atomic mass is 9.98. The Morgan fingerprint density at radius 3 is 2.83 bits per heavy atom. The minimum atomic E-state index is -0.512. The predicted octanol–water partition coefficient (Wildman–Crippen LogP) is 2.35. The van der Waals surface area contributed by atoms with E-state index in [4.69, 9.17) is 4.74 Å². The van der Waals surface area contributed by atoms with Gasteiger partial charge in [0.25, 0.3) is 5.91 Å². The van der Waals surface area contributed by atoms with Gasteiger partial charge in [-0.25, -0.2) is 4.39 Å². The van der Waals surface area contributed by atoms with E-state index in [1.165, 1.54) is 25.3 Å². The SMILES string of the molecule is CCC(=O)N1[C@@H]2CC[C@@H](C2)[C@H]1CNC(=O)c1cc(F)cc(OC)c1. The highest BCUT2D eigenvalue weighted by atomic mass is 19.1. The number of likely N-dealkylation sites (tertiary alicyclic amines) is 1. The van der Waals surface area contributed by atoms with E-state index < -0.39 is 5.82 Å². The highest BCUT2D eigenvalue weighted by molar-refractivity contribution is 5.94. The molecule has 3 rings (SSSR count). The van der Waals surface area contributed by atoms with Gasteiger partial charge in [-0.1, -0.05) is 6.92 Å². The lowest BCUT2D eigenvalue weighted by molar-refractivity contribution is -0.135. The molecule has 3 atom stereocenters. The average Bonchev–Trinajstić information content (AvgIpc) is 3.19. The van der Waals surface area contributed by atoms with Crippen molar-refractivity contribution in [2.75, 3.05) is 13.7 Å². The van der Waals surface area contributed by atoms with Crippen molar-refractivity contribution in [1.29, 1.82) is 0 Å². The van der Waals surface area contributed by atoms with E-state index in [0.29, 0.717) is 30.7 Å².